The summed E-state index contributed by atoms with van der Waals surface area (Å²) in [7, 11) is 0. The van der Waals surface area contributed by atoms with Gasteiger partial charge in [0.2, 0.25) is 29.5 Å². The van der Waals surface area contributed by atoms with E-state index in [9.17, 15) is 44.0 Å². The molecule has 226 valence electrons. The van der Waals surface area contributed by atoms with Crippen LogP contribution in [0.25, 0.3) is 0 Å². The molecule has 0 aromatic carbocycles. The van der Waals surface area contributed by atoms with E-state index < -0.39 is 29.8 Å². The fourth-order valence-electron chi connectivity index (χ4n) is 3.25. The molecule has 0 aliphatic heterocycles. The zero-order chi connectivity index (χ0) is 29.6. The van der Waals surface area contributed by atoms with E-state index in [0.717, 1.165) is 12.8 Å². The lowest BCUT2D eigenvalue weighted by atomic mass is 10.2. The number of hydrogen-bond donors (Lipinski definition) is 6. The van der Waals surface area contributed by atoms with Gasteiger partial charge in [-0.1, -0.05) is 6.42 Å². The van der Waals surface area contributed by atoms with Crippen LogP contribution in [0, 0.1) is 0 Å². The van der Waals surface area contributed by atoms with Crippen LogP contribution in [-0.2, 0) is 24.0 Å². The van der Waals surface area contributed by atoms with Crippen molar-refractivity contribution in [3.63, 3.8) is 0 Å². The van der Waals surface area contributed by atoms with Gasteiger partial charge in [-0.05, 0) is 38.6 Å². The quantitative estimate of drug-likeness (QED) is 0.0613. The smallest absolute Gasteiger partial charge is 0.246 e. The number of unbranched alkanes of at least 4 members (excludes halogenated alkanes) is 4. The number of nitrogens with two attached hydrogens (primary N) is 1. The summed E-state index contributed by atoms with van der Waals surface area (Å²) in [5.41, 5.74) is 5.37. The number of halogens is 1. The second-order valence-corrected chi connectivity index (χ2v) is 9.13. The summed E-state index contributed by atoms with van der Waals surface area (Å²) in [5.74, 6) is -2.76. The van der Waals surface area contributed by atoms with Gasteiger partial charge in [-0.25, -0.2) is 19.6 Å². The van der Waals surface area contributed by atoms with Crippen LogP contribution in [0.2, 0.25) is 0 Å². The largest absolute Gasteiger partial charge is 0.356 e. The first-order valence-electron chi connectivity index (χ1n) is 13.3. The topological polar surface area (TPSA) is 206 Å². The molecule has 0 saturated carbocycles. The molecule has 0 radical (unpaired) electrons. The SMILES string of the molecule is CC(=O)N(O)CCCCCNC(=O)CCC(=O)N(O)CCC(F)CNC(=O)CCC(=O)N(O)CCCCCN. The van der Waals surface area contributed by atoms with Crippen molar-refractivity contribution in [2.45, 2.75) is 83.7 Å². The van der Waals surface area contributed by atoms with E-state index in [1.165, 1.54) is 6.92 Å². The molecule has 1 atom stereocenters. The molecule has 0 fully saturated rings. The van der Waals surface area contributed by atoms with Crippen LogP contribution < -0.4 is 16.4 Å². The molecule has 1 unspecified atom stereocenters. The van der Waals surface area contributed by atoms with Crippen molar-refractivity contribution in [3.8, 4) is 0 Å². The van der Waals surface area contributed by atoms with Gasteiger partial charge in [0.25, 0.3) is 0 Å². The number of hydroxylamine groups is 6. The highest BCUT2D eigenvalue weighted by atomic mass is 19.1. The lowest BCUT2D eigenvalue weighted by Crippen LogP contribution is -2.35. The predicted molar refractivity (Wildman–Crippen MR) is 137 cm³/mol. The number of nitrogens with one attached hydrogen (secondary N) is 2. The molecule has 39 heavy (non-hydrogen) atoms. The highest BCUT2D eigenvalue weighted by Gasteiger charge is 2.17. The van der Waals surface area contributed by atoms with Gasteiger partial charge < -0.3 is 16.4 Å². The fraction of sp³-hybridized carbons (Fsp3) is 0.792. The maximum Gasteiger partial charge on any atom is 0.246 e. The first kappa shape index (κ1) is 36.1. The van der Waals surface area contributed by atoms with Crippen molar-refractivity contribution in [3.05, 3.63) is 0 Å². The van der Waals surface area contributed by atoms with E-state index in [4.69, 9.17) is 5.73 Å². The van der Waals surface area contributed by atoms with Gasteiger partial charge in [0.15, 0.2) is 0 Å². The highest BCUT2D eigenvalue weighted by Crippen LogP contribution is 2.04. The molecular formula is C24H45FN6O8. The monoisotopic (exact) mass is 564 g/mol. The summed E-state index contributed by atoms with van der Waals surface area (Å²) in [5, 5.41) is 35.1. The molecule has 0 aromatic rings. The second-order valence-electron chi connectivity index (χ2n) is 9.13. The van der Waals surface area contributed by atoms with Crippen LogP contribution in [0.1, 0.15) is 77.6 Å². The van der Waals surface area contributed by atoms with Crippen LogP contribution >= 0.6 is 0 Å². The molecule has 5 amide bonds. The van der Waals surface area contributed by atoms with E-state index in [1.54, 1.807) is 0 Å². The molecular weight excluding hydrogens is 519 g/mol. The van der Waals surface area contributed by atoms with Gasteiger partial charge in [0, 0.05) is 65.2 Å². The Morgan fingerprint density at radius 3 is 1.79 bits per heavy atom. The molecule has 0 aliphatic rings. The third kappa shape index (κ3) is 19.8. The van der Waals surface area contributed by atoms with E-state index in [0.29, 0.717) is 54.0 Å². The summed E-state index contributed by atoms with van der Waals surface area (Å²) < 4.78 is 14.1. The van der Waals surface area contributed by atoms with Gasteiger partial charge in [-0.15, -0.1) is 0 Å². The minimum Gasteiger partial charge on any atom is -0.356 e. The summed E-state index contributed by atoms with van der Waals surface area (Å²) in [6, 6.07) is 0. The molecule has 15 heteroatoms. The van der Waals surface area contributed by atoms with Crippen molar-refractivity contribution in [2.75, 3.05) is 39.3 Å². The van der Waals surface area contributed by atoms with E-state index in [2.05, 4.69) is 10.6 Å². The van der Waals surface area contributed by atoms with Gasteiger partial charge in [0.1, 0.15) is 6.17 Å². The van der Waals surface area contributed by atoms with Gasteiger partial charge >= 0.3 is 0 Å². The van der Waals surface area contributed by atoms with Crippen LogP contribution in [-0.4, -0.2) is 106 Å². The molecule has 0 saturated heterocycles. The molecule has 0 heterocycles. The Kier molecular flexibility index (Phi) is 20.4. The zero-order valence-corrected chi connectivity index (χ0v) is 22.8. The summed E-state index contributed by atoms with van der Waals surface area (Å²) in [6.45, 7) is 1.78. The van der Waals surface area contributed by atoms with Crippen LogP contribution in [0.3, 0.4) is 0 Å². The Morgan fingerprint density at radius 1 is 0.718 bits per heavy atom. The number of carbonyl (C=O) groups excluding carboxylic acids is 5. The molecule has 14 nitrogen and oxygen atoms in total. The number of nitrogens with zero attached hydrogens (tertiary/aromatic N) is 3. The summed E-state index contributed by atoms with van der Waals surface area (Å²) >= 11 is 0. The molecule has 0 spiro atoms. The third-order valence-electron chi connectivity index (χ3n) is 5.69. The minimum absolute atomic E-state index is 0.142. The standard InChI is InChI=1S/C24H45FN6O8/c1-19(32)29(37)15-7-3-5-14-27-21(33)8-10-24(36)31(39)17-12-20(25)18-28-22(34)9-11-23(35)30(38)16-6-2-4-13-26/h20,37-39H,2-18,26H2,1H3,(H,27,33)(H,28,34). The lowest BCUT2D eigenvalue weighted by molar-refractivity contribution is -0.166. The Bertz CT molecular complexity index is 760. The summed E-state index contributed by atoms with van der Waals surface area (Å²) in [4.78, 5) is 58.3. The Morgan fingerprint density at radius 2 is 1.23 bits per heavy atom. The number of alkyl halides is 1. The van der Waals surface area contributed by atoms with Crippen molar-refractivity contribution in [2.24, 2.45) is 5.73 Å². The first-order chi connectivity index (χ1) is 18.5. The predicted octanol–water partition coefficient (Wildman–Crippen LogP) is 0.480. The number of carbonyl (C=O) groups is 5. The zero-order valence-electron chi connectivity index (χ0n) is 22.8. The van der Waals surface area contributed by atoms with Crippen molar-refractivity contribution >= 4 is 29.5 Å². The summed E-state index contributed by atoms with van der Waals surface area (Å²) in [6.07, 6.45) is 1.32. The molecule has 7 N–H and O–H groups in total. The highest BCUT2D eigenvalue weighted by molar-refractivity contribution is 5.83. The Labute approximate surface area is 228 Å². The van der Waals surface area contributed by atoms with Gasteiger partial charge in [0.05, 0.1) is 6.54 Å². The van der Waals surface area contributed by atoms with Crippen molar-refractivity contribution in [1.29, 1.82) is 0 Å². The third-order valence-corrected chi connectivity index (χ3v) is 5.69. The molecule has 0 aromatic heterocycles. The molecule has 0 bridgehead atoms. The molecule has 0 aliphatic carbocycles. The van der Waals surface area contributed by atoms with E-state index in [-0.39, 0.29) is 64.2 Å². The second kappa shape index (κ2) is 22.0. The van der Waals surface area contributed by atoms with Crippen LogP contribution in [0.4, 0.5) is 4.39 Å². The number of hydrogen-bond acceptors (Lipinski definition) is 9. The Balaban J connectivity index is 3.93. The van der Waals surface area contributed by atoms with Crippen molar-refractivity contribution in [1.82, 2.24) is 25.8 Å². The van der Waals surface area contributed by atoms with Gasteiger partial charge in [-0.2, -0.15) is 0 Å². The minimum atomic E-state index is -1.55. The average molecular weight is 565 g/mol. The number of amides is 5. The van der Waals surface area contributed by atoms with E-state index >= 15 is 0 Å². The maximum absolute atomic E-state index is 14.1. The normalized spacial score (nSPS) is 11.4. The van der Waals surface area contributed by atoms with Crippen molar-refractivity contribution < 1.29 is 44.0 Å². The molecule has 0 rings (SSSR count). The van der Waals surface area contributed by atoms with E-state index in [1.807, 2.05) is 0 Å². The first-order valence-corrected chi connectivity index (χ1v) is 13.3. The fourth-order valence-corrected chi connectivity index (χ4v) is 3.25. The van der Waals surface area contributed by atoms with Gasteiger partial charge in [-0.3, -0.25) is 39.6 Å². The average Bonchev–Trinajstić information content (AvgIpc) is 2.91. The number of rotatable bonds is 22. The lowest BCUT2D eigenvalue weighted by Gasteiger charge is -2.17. The van der Waals surface area contributed by atoms with Crippen LogP contribution in [0.15, 0.2) is 0 Å². The van der Waals surface area contributed by atoms with Crippen LogP contribution in [0.5, 0.6) is 0 Å². The Hall–Kier alpha value is -2.88. The maximum atomic E-state index is 14.1.